The summed E-state index contributed by atoms with van der Waals surface area (Å²) < 4.78 is 43.6. The molecule has 0 radical (unpaired) electrons. The first-order chi connectivity index (χ1) is 55.0. The number of anilines is 3. The maximum atomic E-state index is 7.29. The number of likely N-dealkylation sites (tertiary alicyclic amines) is 8. The zero-order valence-electron chi connectivity index (χ0n) is 84.1. The predicted molar refractivity (Wildman–Crippen MR) is 491 cm³/mol. The number of ether oxygens (including phenoxy) is 6. The molecule has 0 bridgehead atoms. The molecule has 8 aliphatic heterocycles. The summed E-state index contributed by atoms with van der Waals surface area (Å²) in [5, 5.41) is 0. The van der Waals surface area contributed by atoms with E-state index < -0.39 is 0 Å². The normalized spacial score (nSPS) is 27.4. The highest BCUT2D eigenvalue weighted by molar-refractivity contribution is 5.39. The molecule has 26 nitrogen and oxygen atoms in total. The molecular weight excluding hydrogens is 1520 g/mol. The summed E-state index contributed by atoms with van der Waals surface area (Å²) in [6, 6.07) is 1.71. The second-order valence-corrected chi connectivity index (χ2v) is 49.2. The van der Waals surface area contributed by atoms with Gasteiger partial charge in [0.2, 0.25) is 17.8 Å². The van der Waals surface area contributed by atoms with E-state index in [1.165, 1.54) is 0 Å². The van der Waals surface area contributed by atoms with Gasteiger partial charge in [-0.2, -0.15) is 29.9 Å². The second-order valence-electron chi connectivity index (χ2n) is 49.2. The van der Waals surface area contributed by atoms with Crippen molar-refractivity contribution in [2.24, 2.45) is 0 Å². The SMILES string of the molecule is CN1C(C)(C)CC(Oc2nc(OC3CC(C)(C)N(C)C(C)(C)C3)nc(N(CCCN(c3nc(OC4CC(C)(C)N(C)C(C)(C)C4)nc(OC4CC(C)(C)N(C)C(C)(C)C4)n3)C3CC(C)(C)N(C)C(C)(C)C3)CCCN(c3nc(OC4CC(C)(C)N(C)C(C)(C)C4)nc(OC4CC(C)(C)N(C)C(C)(C)C4)n3)C3CC(C)(C)N(C)C(C)(C)C3)n2)CC1(C)C. The Balaban J connectivity index is 1.05. The average molecular weight is 1690 g/mol. The molecule has 0 atom stereocenters. The standard InChI is InChI=1S/C95H172N20O6/c1-80(2)47-63(48-81(3,4)105(80)33)114(72-98-76(118-67-55-88(17,18)109(37)89(19,20)56-67)103-77(99-72)119-68-57-90(21,22)110(38)91(23,24)58-68)45-41-43-113(71-96-74(116-65-51-84(9,10)107(35)85(11,12)52-65)102-75(97-71)117-66-53-86(13,14)108(36)87(15,16)54-66)44-42-46-115(64-49-82(5,6)106(34)83(7,8)50-64)73-100-78(120-69-59-92(25,26)111(39)93(27,28)60-69)104-79(101-73)121-70-61-94(29,30)112(40)95(31,32)62-70/h63-70H,41-62H2,1-40H3. The van der Waals surface area contributed by atoms with Gasteiger partial charge < -0.3 is 43.1 Å². The van der Waals surface area contributed by atoms with Crippen LogP contribution in [0.1, 0.15) is 337 Å². The molecule has 0 unspecified atom stereocenters. The van der Waals surface area contributed by atoms with Gasteiger partial charge in [-0.3, -0.25) is 39.2 Å². The molecule has 0 spiro atoms. The van der Waals surface area contributed by atoms with Crippen LogP contribution in [0.15, 0.2) is 0 Å². The van der Waals surface area contributed by atoms with Crippen LogP contribution in [-0.2, 0) is 0 Å². The molecule has 121 heavy (non-hydrogen) atoms. The lowest BCUT2D eigenvalue weighted by atomic mass is 9.77. The molecule has 8 fully saturated rings. The molecule has 3 aromatic rings. The highest BCUT2D eigenvalue weighted by Gasteiger charge is 2.54. The Morgan fingerprint density at radius 3 is 0.504 bits per heavy atom. The van der Waals surface area contributed by atoms with E-state index >= 15 is 0 Å². The molecule has 11 rings (SSSR count). The maximum absolute atomic E-state index is 7.29. The zero-order chi connectivity index (χ0) is 90.3. The second kappa shape index (κ2) is 33.2. The van der Waals surface area contributed by atoms with Gasteiger partial charge in [0, 0.05) is 204 Å². The fraction of sp³-hybridized carbons (Fsp3) is 0.905. The van der Waals surface area contributed by atoms with Crippen LogP contribution in [0.4, 0.5) is 17.8 Å². The highest BCUT2D eigenvalue weighted by Crippen LogP contribution is 2.49. The van der Waals surface area contributed by atoms with Gasteiger partial charge >= 0.3 is 36.1 Å². The van der Waals surface area contributed by atoms with Gasteiger partial charge in [0.05, 0.1) is 0 Å². The largest absolute Gasteiger partial charge is 0.460 e. The van der Waals surface area contributed by atoms with Gasteiger partial charge in [-0.05, 0) is 316 Å². The highest BCUT2D eigenvalue weighted by atomic mass is 16.5. The van der Waals surface area contributed by atoms with Gasteiger partial charge in [-0.1, -0.05) is 0 Å². The quantitative estimate of drug-likeness (QED) is 0.0773. The number of aromatic nitrogens is 9. The minimum atomic E-state index is -0.198. The Labute approximate surface area is 734 Å². The first-order valence-electron chi connectivity index (χ1n) is 46.5. The summed E-state index contributed by atoms with van der Waals surface area (Å²) in [5.41, 5.74) is -2.69. The smallest absolute Gasteiger partial charge is 0.324 e. The lowest BCUT2D eigenvalue weighted by molar-refractivity contribution is -0.0617. The Hall–Kier alpha value is -5.09. The van der Waals surface area contributed by atoms with E-state index in [1.54, 1.807) is 0 Å². The van der Waals surface area contributed by atoms with Crippen LogP contribution in [-0.4, -0.2) is 304 Å². The van der Waals surface area contributed by atoms with Crippen molar-refractivity contribution in [3.63, 3.8) is 0 Å². The van der Waals surface area contributed by atoms with E-state index in [2.05, 4.69) is 332 Å². The third-order valence-electron chi connectivity index (χ3n) is 32.9. The number of hydrogen-bond acceptors (Lipinski definition) is 26. The summed E-state index contributed by atoms with van der Waals surface area (Å²) in [5.74, 6) is 1.61. The molecule has 0 amide bonds. The van der Waals surface area contributed by atoms with E-state index in [1.807, 2.05) is 0 Å². The molecule has 688 valence electrons. The molecule has 8 saturated heterocycles. The summed E-state index contributed by atoms with van der Waals surface area (Å²) in [7, 11) is 18.0. The van der Waals surface area contributed by atoms with Gasteiger partial charge in [0.15, 0.2) is 0 Å². The summed E-state index contributed by atoms with van der Waals surface area (Å²) in [6.45, 7) is 76.9. The molecule has 11 heterocycles. The molecule has 0 aromatic carbocycles. The number of hydrogen-bond donors (Lipinski definition) is 0. The van der Waals surface area contributed by atoms with Gasteiger partial charge in [-0.15, -0.1) is 15.0 Å². The van der Waals surface area contributed by atoms with Crippen LogP contribution in [0.5, 0.6) is 36.1 Å². The van der Waals surface area contributed by atoms with Crippen molar-refractivity contribution in [2.45, 2.75) is 474 Å². The van der Waals surface area contributed by atoms with Gasteiger partial charge in [0.25, 0.3) is 0 Å². The average Bonchev–Trinajstić information content (AvgIpc) is 0.781. The van der Waals surface area contributed by atoms with Crippen molar-refractivity contribution in [2.75, 3.05) is 97.3 Å². The third kappa shape index (κ3) is 21.2. The van der Waals surface area contributed by atoms with Crippen LogP contribution in [0.2, 0.25) is 0 Å². The summed E-state index contributed by atoms with van der Waals surface area (Å²) in [6.07, 6.45) is 13.2. The van der Waals surface area contributed by atoms with E-state index in [4.69, 9.17) is 73.3 Å². The van der Waals surface area contributed by atoms with E-state index in [9.17, 15) is 0 Å². The first-order valence-corrected chi connectivity index (χ1v) is 46.5. The van der Waals surface area contributed by atoms with Gasteiger partial charge in [-0.25, -0.2) is 0 Å². The summed E-state index contributed by atoms with van der Waals surface area (Å²) in [4.78, 5) is 76.4. The minimum absolute atomic E-state index is 0.00188. The molecule has 0 saturated carbocycles. The molecule has 0 N–H and O–H groups in total. The van der Waals surface area contributed by atoms with Crippen molar-refractivity contribution in [3.8, 4) is 36.1 Å². The van der Waals surface area contributed by atoms with Crippen LogP contribution >= 0.6 is 0 Å². The fourth-order valence-electron chi connectivity index (χ4n) is 23.9. The zero-order valence-corrected chi connectivity index (χ0v) is 84.1. The van der Waals surface area contributed by atoms with Crippen molar-refractivity contribution in [1.29, 1.82) is 0 Å². The van der Waals surface area contributed by atoms with Crippen LogP contribution in [0.3, 0.4) is 0 Å². The van der Waals surface area contributed by atoms with Crippen LogP contribution in [0.25, 0.3) is 0 Å². The molecular formula is C95H172N20O6. The van der Waals surface area contributed by atoms with Crippen molar-refractivity contribution in [3.05, 3.63) is 0 Å². The Kier molecular flexibility index (Phi) is 26.5. The first kappa shape index (κ1) is 96.5. The third-order valence-corrected chi connectivity index (χ3v) is 32.9. The van der Waals surface area contributed by atoms with Crippen LogP contribution in [0, 0.1) is 0 Å². The number of nitrogens with zero attached hydrogens (tertiary/aromatic N) is 20. The van der Waals surface area contributed by atoms with Gasteiger partial charge in [0.1, 0.15) is 36.6 Å². The Morgan fingerprint density at radius 2 is 0.347 bits per heavy atom. The van der Waals surface area contributed by atoms with E-state index in [-0.39, 0.29) is 149 Å². The molecule has 8 aliphatic rings. The summed E-state index contributed by atoms with van der Waals surface area (Å²) >= 11 is 0. The minimum Gasteiger partial charge on any atom is -0.460 e. The molecule has 26 heteroatoms. The fourth-order valence-corrected chi connectivity index (χ4v) is 23.9. The number of rotatable bonds is 25. The van der Waals surface area contributed by atoms with E-state index in [0.29, 0.717) is 80.9 Å². The van der Waals surface area contributed by atoms with Crippen molar-refractivity contribution < 1.29 is 28.4 Å². The Morgan fingerprint density at radius 1 is 0.207 bits per heavy atom. The van der Waals surface area contributed by atoms with Crippen molar-refractivity contribution >= 4 is 17.8 Å². The lowest BCUT2D eigenvalue weighted by Crippen LogP contribution is -2.63. The monoisotopic (exact) mass is 1690 g/mol. The van der Waals surface area contributed by atoms with E-state index in [0.717, 1.165) is 103 Å². The molecule has 0 aliphatic carbocycles. The number of piperidine rings is 8. The maximum Gasteiger partial charge on any atom is 0.324 e. The predicted octanol–water partition coefficient (Wildman–Crippen LogP) is 16.3. The van der Waals surface area contributed by atoms with Crippen LogP contribution < -0.4 is 43.1 Å². The topological polar surface area (TPSA) is 207 Å². The molecule has 3 aromatic heterocycles. The van der Waals surface area contributed by atoms with Crippen molar-refractivity contribution in [1.82, 2.24) is 84.1 Å². The Bertz CT molecular complexity index is 3560. The lowest BCUT2D eigenvalue weighted by Gasteiger charge is -2.55.